The minimum atomic E-state index is -0.458. The molecule has 6 nitrogen and oxygen atoms in total. The Kier molecular flexibility index (Phi) is 4.43. The van der Waals surface area contributed by atoms with Gasteiger partial charge in [0.05, 0.1) is 22.5 Å². The number of hydrogen-bond acceptors (Lipinski definition) is 4. The highest BCUT2D eigenvalue weighted by Crippen LogP contribution is 2.33. The summed E-state index contributed by atoms with van der Waals surface area (Å²) < 4.78 is 16.9. The number of carbonyl (C=O) groups excluding carboxylic acids is 2. The van der Waals surface area contributed by atoms with Gasteiger partial charge in [0.1, 0.15) is 5.82 Å². The zero-order chi connectivity index (χ0) is 20.0. The van der Waals surface area contributed by atoms with Crippen LogP contribution in [0.15, 0.2) is 52.2 Å². The molecule has 1 aliphatic heterocycles. The van der Waals surface area contributed by atoms with Crippen LogP contribution in [0.2, 0.25) is 0 Å². The highest BCUT2D eigenvalue weighted by atomic mass is 32.2. The summed E-state index contributed by atoms with van der Waals surface area (Å²) in [6, 6.07) is 11.4. The molecule has 8 heteroatoms. The van der Waals surface area contributed by atoms with Crippen LogP contribution < -0.4 is 5.69 Å². The lowest BCUT2D eigenvalue weighted by atomic mass is 10.1. The molecule has 0 radical (unpaired) electrons. The third-order valence-electron chi connectivity index (χ3n) is 4.75. The number of fused-ring (bicyclic) bond motifs is 1. The zero-order valence-corrected chi connectivity index (χ0v) is 16.0. The molecule has 0 aliphatic carbocycles. The van der Waals surface area contributed by atoms with Gasteiger partial charge in [-0.05, 0) is 41.6 Å². The Hall–Kier alpha value is -3.13. The van der Waals surface area contributed by atoms with E-state index >= 15 is 0 Å². The lowest BCUT2D eigenvalue weighted by Gasteiger charge is -2.12. The SMILES string of the molecule is Cn1c(=O)n(C)c2cc(/C=C3\SC(=O)N(Cc4ccccc4F)C3=O)ccc21. The van der Waals surface area contributed by atoms with E-state index in [0.29, 0.717) is 5.56 Å². The van der Waals surface area contributed by atoms with E-state index < -0.39 is 17.0 Å². The van der Waals surface area contributed by atoms with Gasteiger partial charge in [-0.1, -0.05) is 24.3 Å². The Bertz CT molecular complexity index is 1230. The third kappa shape index (κ3) is 2.95. The van der Waals surface area contributed by atoms with Crippen molar-refractivity contribution in [2.45, 2.75) is 6.54 Å². The monoisotopic (exact) mass is 397 g/mol. The fourth-order valence-corrected chi connectivity index (χ4v) is 4.04. The second-order valence-corrected chi connectivity index (χ2v) is 7.50. The van der Waals surface area contributed by atoms with Crippen LogP contribution in [0.4, 0.5) is 9.18 Å². The number of carbonyl (C=O) groups is 2. The van der Waals surface area contributed by atoms with Crippen molar-refractivity contribution in [3.05, 3.63) is 74.8 Å². The Morgan fingerprint density at radius 1 is 1.00 bits per heavy atom. The van der Waals surface area contributed by atoms with Gasteiger partial charge in [0, 0.05) is 19.7 Å². The standard InChI is InChI=1S/C20H16FN3O3S/c1-22-15-8-7-12(9-16(15)23(2)19(22)26)10-17-18(25)24(20(27)28-17)11-13-5-3-4-6-14(13)21/h3-10H,11H2,1-2H3/b17-10-. The van der Waals surface area contributed by atoms with E-state index in [2.05, 4.69) is 0 Å². The van der Waals surface area contributed by atoms with Crippen LogP contribution >= 0.6 is 11.8 Å². The molecule has 1 saturated heterocycles. The summed E-state index contributed by atoms with van der Waals surface area (Å²) in [5, 5.41) is -0.437. The van der Waals surface area contributed by atoms with Crippen molar-refractivity contribution in [3.63, 3.8) is 0 Å². The molecule has 0 bridgehead atoms. The second kappa shape index (κ2) is 6.79. The van der Waals surface area contributed by atoms with Crippen LogP contribution in [0, 0.1) is 5.82 Å². The predicted molar refractivity (Wildman–Crippen MR) is 106 cm³/mol. The molecule has 28 heavy (non-hydrogen) atoms. The third-order valence-corrected chi connectivity index (χ3v) is 5.66. The summed E-state index contributed by atoms with van der Waals surface area (Å²) in [4.78, 5) is 38.3. The van der Waals surface area contributed by atoms with Gasteiger partial charge in [0.15, 0.2) is 0 Å². The van der Waals surface area contributed by atoms with Gasteiger partial charge >= 0.3 is 5.69 Å². The molecule has 2 aromatic carbocycles. The quantitative estimate of drug-likeness (QED) is 0.637. The van der Waals surface area contributed by atoms with Crippen molar-refractivity contribution in [2.24, 2.45) is 14.1 Å². The van der Waals surface area contributed by atoms with E-state index in [1.54, 1.807) is 61.1 Å². The van der Waals surface area contributed by atoms with Gasteiger partial charge in [-0.15, -0.1) is 0 Å². The van der Waals surface area contributed by atoms with Gasteiger partial charge in [0.2, 0.25) is 0 Å². The predicted octanol–water partition coefficient (Wildman–Crippen LogP) is 3.25. The number of aryl methyl sites for hydroxylation is 2. The molecule has 2 heterocycles. The largest absolute Gasteiger partial charge is 0.328 e. The van der Waals surface area contributed by atoms with Crippen molar-refractivity contribution in [1.29, 1.82) is 0 Å². The average molecular weight is 397 g/mol. The Morgan fingerprint density at radius 2 is 1.71 bits per heavy atom. The lowest BCUT2D eigenvalue weighted by Crippen LogP contribution is -2.27. The van der Waals surface area contributed by atoms with Gasteiger partial charge in [-0.2, -0.15) is 0 Å². The maximum atomic E-state index is 13.9. The first-order valence-corrected chi connectivity index (χ1v) is 9.32. The Balaban J connectivity index is 1.66. The highest BCUT2D eigenvalue weighted by Gasteiger charge is 2.35. The summed E-state index contributed by atoms with van der Waals surface area (Å²) in [5.41, 5.74) is 2.35. The summed E-state index contributed by atoms with van der Waals surface area (Å²) in [7, 11) is 3.37. The number of thioether (sulfide) groups is 1. The molecule has 1 aromatic heterocycles. The van der Waals surface area contributed by atoms with Crippen molar-refractivity contribution in [2.75, 3.05) is 0 Å². The van der Waals surface area contributed by atoms with Crippen LogP contribution in [0.1, 0.15) is 11.1 Å². The van der Waals surface area contributed by atoms with Gasteiger partial charge < -0.3 is 0 Å². The zero-order valence-electron chi connectivity index (χ0n) is 15.2. The maximum Gasteiger partial charge on any atom is 0.328 e. The topological polar surface area (TPSA) is 64.3 Å². The Labute approximate surface area is 163 Å². The van der Waals surface area contributed by atoms with E-state index in [4.69, 9.17) is 0 Å². The summed E-state index contributed by atoms with van der Waals surface area (Å²) in [5.74, 6) is -0.915. The summed E-state index contributed by atoms with van der Waals surface area (Å²) in [6.07, 6.45) is 1.61. The molecule has 3 aromatic rings. The fourth-order valence-electron chi connectivity index (χ4n) is 3.20. The lowest BCUT2D eigenvalue weighted by molar-refractivity contribution is -0.123. The molecule has 2 amide bonds. The van der Waals surface area contributed by atoms with Crippen LogP contribution in [-0.4, -0.2) is 25.2 Å². The van der Waals surface area contributed by atoms with Crippen molar-refractivity contribution >= 4 is 40.0 Å². The first-order chi connectivity index (χ1) is 13.4. The highest BCUT2D eigenvalue weighted by molar-refractivity contribution is 8.18. The van der Waals surface area contributed by atoms with Crippen molar-refractivity contribution in [3.8, 4) is 0 Å². The van der Waals surface area contributed by atoms with Crippen LogP contribution in [-0.2, 0) is 25.4 Å². The number of halogens is 1. The number of rotatable bonds is 3. The number of hydrogen-bond donors (Lipinski definition) is 0. The summed E-state index contributed by atoms with van der Waals surface area (Å²) >= 11 is 0.822. The van der Waals surface area contributed by atoms with E-state index in [1.165, 1.54) is 10.6 Å². The summed E-state index contributed by atoms with van der Waals surface area (Å²) in [6.45, 7) is -0.110. The van der Waals surface area contributed by atoms with E-state index in [9.17, 15) is 18.8 Å². The molecule has 0 saturated carbocycles. The second-order valence-electron chi connectivity index (χ2n) is 6.51. The molecule has 0 atom stereocenters. The molecule has 142 valence electrons. The minimum Gasteiger partial charge on any atom is -0.295 e. The van der Waals surface area contributed by atoms with E-state index in [0.717, 1.165) is 27.7 Å². The molecule has 1 aliphatic rings. The van der Waals surface area contributed by atoms with Gasteiger partial charge in [0.25, 0.3) is 11.1 Å². The first kappa shape index (κ1) is 18.2. The average Bonchev–Trinajstić information content (AvgIpc) is 3.06. The van der Waals surface area contributed by atoms with Crippen molar-refractivity contribution < 1.29 is 14.0 Å². The molecule has 0 N–H and O–H groups in total. The Morgan fingerprint density at radius 3 is 2.46 bits per heavy atom. The van der Waals surface area contributed by atoms with Crippen LogP contribution in [0.5, 0.6) is 0 Å². The number of imidazole rings is 1. The number of aromatic nitrogens is 2. The number of imide groups is 1. The molecular weight excluding hydrogens is 381 g/mol. The number of nitrogens with zero attached hydrogens (tertiary/aromatic N) is 3. The minimum absolute atomic E-state index is 0.110. The smallest absolute Gasteiger partial charge is 0.295 e. The van der Waals surface area contributed by atoms with Gasteiger partial charge in [-0.3, -0.25) is 23.6 Å². The molecule has 0 unspecified atom stereocenters. The normalized spacial score (nSPS) is 16.0. The van der Waals surface area contributed by atoms with Crippen LogP contribution in [0.3, 0.4) is 0 Å². The van der Waals surface area contributed by atoms with E-state index in [1.807, 2.05) is 0 Å². The van der Waals surface area contributed by atoms with E-state index in [-0.39, 0.29) is 22.7 Å². The molecule has 1 fully saturated rings. The molecule has 0 spiro atoms. The van der Waals surface area contributed by atoms with Crippen LogP contribution in [0.25, 0.3) is 17.1 Å². The number of amides is 2. The first-order valence-electron chi connectivity index (χ1n) is 8.51. The number of benzene rings is 2. The van der Waals surface area contributed by atoms with Crippen molar-refractivity contribution in [1.82, 2.24) is 14.0 Å². The van der Waals surface area contributed by atoms with Gasteiger partial charge in [-0.25, -0.2) is 9.18 Å². The molecular formula is C20H16FN3O3S. The maximum absolute atomic E-state index is 13.9. The molecule has 4 rings (SSSR count). The fraction of sp³-hybridized carbons (Fsp3) is 0.150.